The molecule has 2 aliphatic rings. The Labute approximate surface area is 153 Å². The zero-order valence-electron chi connectivity index (χ0n) is 13.6. The van der Waals surface area contributed by atoms with E-state index in [1.54, 1.807) is 10.6 Å². The quantitative estimate of drug-likeness (QED) is 0.696. The van der Waals surface area contributed by atoms with Crippen molar-refractivity contribution in [1.82, 2.24) is 24.5 Å². The molecule has 1 aliphatic carbocycles. The first-order valence-electron chi connectivity index (χ1n) is 8.20. The third-order valence-corrected chi connectivity index (χ3v) is 6.53. The number of nitrogens with zero attached hydrogens (tertiary/aromatic N) is 4. The zero-order valence-corrected chi connectivity index (χ0v) is 15.2. The van der Waals surface area contributed by atoms with Crippen LogP contribution in [0.15, 0.2) is 23.1 Å². The maximum absolute atomic E-state index is 12.6. The number of rotatable bonds is 5. The van der Waals surface area contributed by atoms with Gasteiger partial charge in [-0.05, 0) is 25.0 Å². The Morgan fingerprint density at radius 1 is 1.19 bits per heavy atom. The van der Waals surface area contributed by atoms with Crippen molar-refractivity contribution in [3.05, 3.63) is 29.0 Å². The molecule has 1 fully saturated rings. The van der Waals surface area contributed by atoms with Crippen molar-refractivity contribution >= 4 is 26.3 Å². The van der Waals surface area contributed by atoms with Crippen molar-refractivity contribution in [2.45, 2.75) is 30.2 Å². The molecule has 1 aromatic carbocycles. The van der Waals surface area contributed by atoms with Crippen molar-refractivity contribution in [2.24, 2.45) is 0 Å². The smallest absolute Gasteiger partial charge is 0.241 e. The maximum Gasteiger partial charge on any atom is 0.241 e. The van der Waals surface area contributed by atoms with Crippen molar-refractivity contribution in [1.29, 1.82) is 0 Å². The van der Waals surface area contributed by atoms with Gasteiger partial charge in [0, 0.05) is 12.0 Å². The lowest BCUT2D eigenvalue weighted by atomic mass is 10.3. The molecule has 1 saturated carbocycles. The fourth-order valence-electron chi connectivity index (χ4n) is 2.77. The number of sulfonamides is 1. The zero-order chi connectivity index (χ0) is 17.7. The lowest BCUT2D eigenvalue weighted by Gasteiger charge is -2.18. The fraction of sp³-hybridized carbons (Fsp3) is 0.400. The Balaban J connectivity index is 1.35. The summed E-state index contributed by atoms with van der Waals surface area (Å²) in [6.07, 6.45) is 2.20. The van der Waals surface area contributed by atoms with Gasteiger partial charge in [-0.1, -0.05) is 11.3 Å². The van der Waals surface area contributed by atoms with E-state index in [2.05, 4.69) is 20.0 Å². The molecule has 9 nitrogen and oxygen atoms in total. The number of hydrogen-bond acceptors (Lipinski definition) is 8. The van der Waals surface area contributed by atoms with Crippen LogP contribution in [0.5, 0.6) is 11.5 Å². The molecule has 2 aromatic heterocycles. The first-order chi connectivity index (χ1) is 12.6. The van der Waals surface area contributed by atoms with E-state index >= 15 is 0 Å². The second-order valence-electron chi connectivity index (χ2n) is 6.15. The molecule has 5 rings (SSSR count). The molecule has 3 aromatic rings. The number of ether oxygens (including phenoxy) is 2. The minimum absolute atomic E-state index is 0.0922. The van der Waals surface area contributed by atoms with Crippen LogP contribution in [0.25, 0.3) is 4.96 Å². The molecule has 0 unspecified atom stereocenters. The lowest BCUT2D eigenvalue weighted by Crippen LogP contribution is -2.24. The van der Waals surface area contributed by atoms with E-state index in [4.69, 9.17) is 9.47 Å². The lowest BCUT2D eigenvalue weighted by molar-refractivity contribution is 0.171. The fourth-order valence-corrected chi connectivity index (χ4v) is 4.64. The highest BCUT2D eigenvalue weighted by Gasteiger charge is 2.30. The number of hydrogen-bond donors (Lipinski definition) is 1. The van der Waals surface area contributed by atoms with E-state index in [-0.39, 0.29) is 11.4 Å². The molecule has 0 atom stereocenters. The highest BCUT2D eigenvalue weighted by molar-refractivity contribution is 7.89. The van der Waals surface area contributed by atoms with Gasteiger partial charge in [-0.15, -0.1) is 10.2 Å². The van der Waals surface area contributed by atoms with E-state index in [9.17, 15) is 8.42 Å². The third kappa shape index (κ3) is 2.81. The van der Waals surface area contributed by atoms with Gasteiger partial charge in [0.1, 0.15) is 18.2 Å². The van der Waals surface area contributed by atoms with Crippen LogP contribution in [0.2, 0.25) is 0 Å². The molecule has 0 saturated heterocycles. The summed E-state index contributed by atoms with van der Waals surface area (Å²) in [4.78, 5) is 0.809. The second-order valence-corrected chi connectivity index (χ2v) is 8.96. The molecule has 0 radical (unpaired) electrons. The summed E-state index contributed by atoms with van der Waals surface area (Å²) < 4.78 is 40.3. The highest BCUT2D eigenvalue weighted by Crippen LogP contribution is 2.39. The van der Waals surface area contributed by atoms with E-state index in [0.29, 0.717) is 40.6 Å². The molecular weight excluding hydrogens is 378 g/mol. The predicted octanol–water partition coefficient (Wildman–Crippen LogP) is 1.31. The van der Waals surface area contributed by atoms with Crippen LogP contribution in [0.1, 0.15) is 29.6 Å². The van der Waals surface area contributed by atoms with Crippen molar-refractivity contribution in [2.75, 3.05) is 13.2 Å². The van der Waals surface area contributed by atoms with E-state index in [0.717, 1.165) is 18.7 Å². The van der Waals surface area contributed by atoms with Gasteiger partial charge in [-0.2, -0.15) is 9.61 Å². The highest BCUT2D eigenvalue weighted by atomic mass is 32.2. The number of fused-ring (bicyclic) bond motifs is 2. The molecule has 0 amide bonds. The first kappa shape index (κ1) is 16.0. The van der Waals surface area contributed by atoms with Gasteiger partial charge < -0.3 is 9.47 Å². The Bertz CT molecular complexity index is 1090. The summed E-state index contributed by atoms with van der Waals surface area (Å²) in [7, 11) is -3.69. The average Bonchev–Trinajstić information content (AvgIpc) is 3.28. The van der Waals surface area contributed by atoms with Gasteiger partial charge in [0.25, 0.3) is 0 Å². The largest absolute Gasteiger partial charge is 0.486 e. The van der Waals surface area contributed by atoms with Crippen LogP contribution < -0.4 is 14.2 Å². The first-order valence-corrected chi connectivity index (χ1v) is 10.5. The summed E-state index contributed by atoms with van der Waals surface area (Å²) >= 11 is 1.33. The van der Waals surface area contributed by atoms with E-state index in [1.165, 1.54) is 23.5 Å². The van der Waals surface area contributed by atoms with Gasteiger partial charge in [-0.3, -0.25) is 0 Å². The van der Waals surface area contributed by atoms with Gasteiger partial charge in [0.2, 0.25) is 15.0 Å². The number of benzene rings is 1. The summed E-state index contributed by atoms with van der Waals surface area (Å²) in [5.41, 5.74) is 0. The minimum Gasteiger partial charge on any atom is -0.486 e. The topological polar surface area (TPSA) is 108 Å². The molecule has 0 bridgehead atoms. The SMILES string of the molecule is O=S(=O)(NCc1nn2c(C3CC3)nnc2s1)c1ccc2c(c1)OCCO2. The average molecular weight is 393 g/mol. The van der Waals surface area contributed by atoms with Crippen molar-refractivity contribution in [3.63, 3.8) is 0 Å². The van der Waals surface area contributed by atoms with E-state index < -0.39 is 10.0 Å². The van der Waals surface area contributed by atoms with Crippen LogP contribution >= 0.6 is 11.3 Å². The van der Waals surface area contributed by atoms with Gasteiger partial charge in [0.15, 0.2) is 17.3 Å². The van der Waals surface area contributed by atoms with Gasteiger partial charge >= 0.3 is 0 Å². The van der Waals surface area contributed by atoms with Crippen LogP contribution in [0.4, 0.5) is 0 Å². The molecule has 1 aliphatic heterocycles. The predicted molar refractivity (Wildman–Crippen MR) is 92.1 cm³/mol. The van der Waals surface area contributed by atoms with E-state index in [1.807, 2.05) is 0 Å². The van der Waals surface area contributed by atoms with Crippen LogP contribution in [-0.2, 0) is 16.6 Å². The summed E-state index contributed by atoms with van der Waals surface area (Å²) in [5, 5.41) is 13.3. The molecular formula is C15H15N5O4S2. The monoisotopic (exact) mass is 393 g/mol. The Kier molecular flexibility index (Phi) is 3.62. The summed E-state index contributed by atoms with van der Waals surface area (Å²) in [6.45, 7) is 0.954. The Hall–Kier alpha value is -2.24. The standard InChI is InChI=1S/C15H15N5O4S2/c21-26(22,10-3-4-11-12(7-10)24-6-5-23-11)16-8-13-19-20-14(9-1-2-9)17-18-15(20)25-13/h3-4,7,9,16H,1-2,5-6,8H2. The molecule has 3 heterocycles. The van der Waals surface area contributed by atoms with Crippen molar-refractivity contribution < 1.29 is 17.9 Å². The molecule has 26 heavy (non-hydrogen) atoms. The second kappa shape index (κ2) is 5.89. The molecule has 1 N–H and O–H groups in total. The summed E-state index contributed by atoms with van der Waals surface area (Å²) in [5.74, 6) is 2.27. The Morgan fingerprint density at radius 2 is 2.00 bits per heavy atom. The van der Waals surface area contributed by atoms with Crippen molar-refractivity contribution in [3.8, 4) is 11.5 Å². The normalized spacial score (nSPS) is 16.9. The number of aromatic nitrogens is 4. The van der Waals surface area contributed by atoms with Crippen LogP contribution in [-0.4, -0.2) is 41.4 Å². The Morgan fingerprint density at radius 3 is 2.81 bits per heavy atom. The molecule has 0 spiro atoms. The minimum atomic E-state index is -3.69. The van der Waals surface area contributed by atoms with Crippen LogP contribution in [0.3, 0.4) is 0 Å². The van der Waals surface area contributed by atoms with Crippen LogP contribution in [0, 0.1) is 0 Å². The molecule has 136 valence electrons. The molecule has 11 heteroatoms. The third-order valence-electron chi connectivity index (χ3n) is 4.24. The summed E-state index contributed by atoms with van der Waals surface area (Å²) in [6, 6.07) is 4.58. The number of nitrogens with one attached hydrogen (secondary N) is 1. The van der Waals surface area contributed by atoms with Gasteiger partial charge in [0.05, 0.1) is 11.4 Å². The van der Waals surface area contributed by atoms with Gasteiger partial charge in [-0.25, -0.2) is 13.1 Å². The maximum atomic E-state index is 12.6.